The summed E-state index contributed by atoms with van der Waals surface area (Å²) in [5, 5.41) is 0. The van der Waals surface area contributed by atoms with E-state index >= 15 is 0 Å². The van der Waals surface area contributed by atoms with Crippen LogP contribution in [0.25, 0.3) is 0 Å². The number of ether oxygens (including phenoxy) is 1. The zero-order valence-corrected chi connectivity index (χ0v) is 9.61. The molecule has 3 nitrogen and oxygen atoms in total. The number of rotatable bonds is 4. The summed E-state index contributed by atoms with van der Waals surface area (Å²) in [6.45, 7) is 0.283. The SMILES string of the molecule is COCc1ccc(CS(=O)(=O)Cl)c(F)c1. The van der Waals surface area contributed by atoms with Gasteiger partial charge in [-0.15, -0.1) is 0 Å². The average Bonchev–Trinajstić information content (AvgIpc) is 2.08. The second-order valence-corrected chi connectivity index (χ2v) is 5.82. The van der Waals surface area contributed by atoms with Gasteiger partial charge in [0.05, 0.1) is 12.4 Å². The van der Waals surface area contributed by atoms with Crippen molar-refractivity contribution in [2.75, 3.05) is 7.11 Å². The summed E-state index contributed by atoms with van der Waals surface area (Å²) in [6.07, 6.45) is 0. The molecule has 6 heteroatoms. The molecule has 0 aromatic heterocycles. The molecule has 0 radical (unpaired) electrons. The van der Waals surface area contributed by atoms with Crippen LogP contribution in [0.15, 0.2) is 18.2 Å². The predicted octanol–water partition coefficient (Wildman–Crippen LogP) is 2.04. The van der Waals surface area contributed by atoms with Crippen LogP contribution in [0.2, 0.25) is 0 Å². The molecule has 0 saturated carbocycles. The van der Waals surface area contributed by atoms with Gasteiger partial charge in [-0.05, 0) is 11.6 Å². The van der Waals surface area contributed by atoms with Crippen molar-refractivity contribution >= 4 is 19.7 Å². The summed E-state index contributed by atoms with van der Waals surface area (Å²) in [4.78, 5) is 0. The van der Waals surface area contributed by atoms with Crippen LogP contribution >= 0.6 is 10.7 Å². The quantitative estimate of drug-likeness (QED) is 0.771. The first-order chi connectivity index (χ1) is 6.92. The molecular formula is C9H10ClFO3S. The first-order valence-corrected chi connectivity index (χ1v) is 6.59. The predicted molar refractivity (Wildman–Crippen MR) is 55.6 cm³/mol. The fourth-order valence-corrected chi connectivity index (χ4v) is 2.11. The molecule has 0 aliphatic rings. The third-order valence-electron chi connectivity index (χ3n) is 1.76. The Labute approximate surface area is 92.2 Å². The molecule has 0 bridgehead atoms. The Morgan fingerprint density at radius 1 is 1.47 bits per heavy atom. The van der Waals surface area contributed by atoms with Crippen molar-refractivity contribution in [3.8, 4) is 0 Å². The van der Waals surface area contributed by atoms with Crippen LogP contribution < -0.4 is 0 Å². The molecule has 0 aliphatic carbocycles. The van der Waals surface area contributed by atoms with Gasteiger partial charge in [0.25, 0.3) is 0 Å². The number of halogens is 2. The molecule has 0 N–H and O–H groups in total. The highest BCUT2D eigenvalue weighted by Crippen LogP contribution is 2.15. The number of hydrogen-bond donors (Lipinski definition) is 0. The third-order valence-corrected chi connectivity index (χ3v) is 2.74. The average molecular weight is 253 g/mol. The van der Waals surface area contributed by atoms with E-state index in [2.05, 4.69) is 0 Å². The zero-order chi connectivity index (χ0) is 11.5. The molecular weight excluding hydrogens is 243 g/mol. The van der Waals surface area contributed by atoms with Gasteiger partial charge in [-0.25, -0.2) is 12.8 Å². The molecule has 1 aromatic rings. The molecule has 1 rings (SSSR count). The lowest BCUT2D eigenvalue weighted by atomic mass is 10.1. The second kappa shape index (κ2) is 4.92. The van der Waals surface area contributed by atoms with Gasteiger partial charge >= 0.3 is 0 Å². The number of hydrogen-bond acceptors (Lipinski definition) is 3. The second-order valence-electron chi connectivity index (χ2n) is 3.04. The number of methoxy groups -OCH3 is 1. The van der Waals surface area contributed by atoms with E-state index < -0.39 is 20.6 Å². The molecule has 0 heterocycles. The minimum absolute atomic E-state index is 0.0600. The third kappa shape index (κ3) is 4.15. The van der Waals surface area contributed by atoms with Gasteiger partial charge in [0.2, 0.25) is 9.05 Å². The maximum Gasteiger partial charge on any atom is 0.236 e. The lowest BCUT2D eigenvalue weighted by Crippen LogP contribution is -1.99. The highest BCUT2D eigenvalue weighted by atomic mass is 35.7. The van der Waals surface area contributed by atoms with Crippen molar-refractivity contribution in [3.05, 3.63) is 35.1 Å². The molecule has 0 amide bonds. The molecule has 15 heavy (non-hydrogen) atoms. The summed E-state index contributed by atoms with van der Waals surface area (Å²) < 4.78 is 39.6. The smallest absolute Gasteiger partial charge is 0.236 e. The molecule has 0 atom stereocenters. The molecule has 0 spiro atoms. The van der Waals surface area contributed by atoms with Crippen LogP contribution in [0.3, 0.4) is 0 Å². The highest BCUT2D eigenvalue weighted by molar-refractivity contribution is 8.13. The van der Waals surface area contributed by atoms with E-state index in [0.717, 1.165) is 0 Å². The minimum atomic E-state index is -3.72. The van der Waals surface area contributed by atoms with Crippen LogP contribution in [0.4, 0.5) is 4.39 Å². The van der Waals surface area contributed by atoms with Crippen LogP contribution in [-0.4, -0.2) is 15.5 Å². The molecule has 0 aliphatic heterocycles. The molecule has 84 valence electrons. The lowest BCUT2D eigenvalue weighted by molar-refractivity contribution is 0.184. The Morgan fingerprint density at radius 3 is 2.60 bits per heavy atom. The molecule has 1 aromatic carbocycles. The Hall–Kier alpha value is -0.650. The fraction of sp³-hybridized carbons (Fsp3) is 0.333. The number of benzene rings is 1. The molecule has 0 saturated heterocycles. The van der Waals surface area contributed by atoms with Gasteiger partial charge in [0.15, 0.2) is 0 Å². The van der Waals surface area contributed by atoms with E-state index in [4.69, 9.17) is 15.4 Å². The first-order valence-electron chi connectivity index (χ1n) is 4.11. The van der Waals surface area contributed by atoms with Crippen molar-refractivity contribution in [1.29, 1.82) is 0 Å². The van der Waals surface area contributed by atoms with Crippen molar-refractivity contribution < 1.29 is 17.5 Å². The summed E-state index contributed by atoms with van der Waals surface area (Å²) in [5.41, 5.74) is 0.704. The summed E-state index contributed by atoms with van der Waals surface area (Å²) in [5.74, 6) is -1.10. The zero-order valence-electron chi connectivity index (χ0n) is 8.04. The van der Waals surface area contributed by atoms with Gasteiger partial charge < -0.3 is 4.74 Å². The summed E-state index contributed by atoms with van der Waals surface area (Å²) in [7, 11) is 2.79. The Morgan fingerprint density at radius 2 is 2.13 bits per heavy atom. The van der Waals surface area contributed by atoms with Gasteiger partial charge in [-0.3, -0.25) is 0 Å². The van der Waals surface area contributed by atoms with E-state index in [-0.39, 0.29) is 12.2 Å². The maximum atomic E-state index is 13.3. The Kier molecular flexibility index (Phi) is 4.07. The van der Waals surface area contributed by atoms with E-state index in [1.807, 2.05) is 0 Å². The van der Waals surface area contributed by atoms with Gasteiger partial charge in [-0.1, -0.05) is 12.1 Å². The Balaban J connectivity index is 2.93. The first kappa shape index (κ1) is 12.4. The highest BCUT2D eigenvalue weighted by Gasteiger charge is 2.11. The van der Waals surface area contributed by atoms with Gasteiger partial charge in [0.1, 0.15) is 5.82 Å². The lowest BCUT2D eigenvalue weighted by Gasteiger charge is -2.03. The van der Waals surface area contributed by atoms with Gasteiger partial charge in [0, 0.05) is 23.4 Å². The van der Waals surface area contributed by atoms with Crippen LogP contribution in [0, 0.1) is 5.82 Å². The normalized spacial score (nSPS) is 11.7. The van der Waals surface area contributed by atoms with Crippen molar-refractivity contribution in [2.24, 2.45) is 0 Å². The Bertz CT molecular complexity index is 445. The van der Waals surface area contributed by atoms with Crippen molar-refractivity contribution in [2.45, 2.75) is 12.4 Å². The van der Waals surface area contributed by atoms with Crippen LogP contribution in [-0.2, 0) is 26.1 Å². The monoisotopic (exact) mass is 252 g/mol. The van der Waals surface area contributed by atoms with Gasteiger partial charge in [-0.2, -0.15) is 0 Å². The van der Waals surface area contributed by atoms with Crippen LogP contribution in [0.1, 0.15) is 11.1 Å². The van der Waals surface area contributed by atoms with E-state index in [0.29, 0.717) is 5.56 Å². The van der Waals surface area contributed by atoms with Crippen molar-refractivity contribution in [1.82, 2.24) is 0 Å². The standard InChI is InChI=1S/C9H10ClFO3S/c1-14-5-7-2-3-8(9(11)4-7)6-15(10,12)13/h2-4H,5-6H2,1H3. The van der Waals surface area contributed by atoms with E-state index in [9.17, 15) is 12.8 Å². The van der Waals surface area contributed by atoms with Crippen LogP contribution in [0.5, 0.6) is 0 Å². The van der Waals surface area contributed by atoms with E-state index in [1.165, 1.54) is 19.2 Å². The fourth-order valence-electron chi connectivity index (χ4n) is 1.15. The molecule has 0 unspecified atom stereocenters. The topological polar surface area (TPSA) is 43.4 Å². The van der Waals surface area contributed by atoms with Crippen molar-refractivity contribution in [3.63, 3.8) is 0 Å². The largest absolute Gasteiger partial charge is 0.380 e. The summed E-state index contributed by atoms with van der Waals surface area (Å²) >= 11 is 0. The minimum Gasteiger partial charge on any atom is -0.380 e. The summed E-state index contributed by atoms with van der Waals surface area (Å²) in [6, 6.07) is 4.23. The maximum absolute atomic E-state index is 13.3. The van der Waals surface area contributed by atoms with E-state index in [1.54, 1.807) is 6.07 Å². The molecule has 0 fully saturated rings.